The summed E-state index contributed by atoms with van der Waals surface area (Å²) < 4.78 is 19.4. The summed E-state index contributed by atoms with van der Waals surface area (Å²) in [6, 6.07) is 18.8. The molecule has 0 bridgehead atoms. The third-order valence-corrected chi connectivity index (χ3v) is 5.54. The first kappa shape index (κ1) is 17.5. The zero-order valence-corrected chi connectivity index (χ0v) is 15.6. The van der Waals surface area contributed by atoms with Crippen molar-refractivity contribution in [1.82, 2.24) is 9.78 Å². The normalized spacial score (nSPS) is 16.6. The van der Waals surface area contributed by atoms with Crippen LogP contribution in [0.15, 0.2) is 60.7 Å². The molecule has 3 aromatic rings. The van der Waals surface area contributed by atoms with Crippen LogP contribution in [0.4, 0.5) is 5.82 Å². The van der Waals surface area contributed by atoms with Crippen LogP contribution in [0.1, 0.15) is 18.2 Å². The van der Waals surface area contributed by atoms with Gasteiger partial charge in [0.15, 0.2) is 6.10 Å². The quantitative estimate of drug-likeness (QED) is 0.737. The van der Waals surface area contributed by atoms with Gasteiger partial charge in [0.2, 0.25) is 0 Å². The minimum atomic E-state index is -0.979. The van der Waals surface area contributed by atoms with E-state index in [1.54, 1.807) is 23.7 Å². The summed E-state index contributed by atoms with van der Waals surface area (Å²) in [6.07, 6.45) is -0.686. The average Bonchev–Trinajstić information content (AvgIpc) is 3.20. The smallest absolute Gasteiger partial charge is 0.266 e. The summed E-state index contributed by atoms with van der Waals surface area (Å²) >= 11 is 0. The maximum atomic E-state index is 12.7. The van der Waals surface area contributed by atoms with E-state index < -0.39 is 16.9 Å². The number of nitrogens with zero attached hydrogens (tertiary/aromatic N) is 2. The van der Waals surface area contributed by atoms with E-state index in [1.165, 1.54) is 0 Å². The lowest BCUT2D eigenvalue weighted by molar-refractivity contribution is -0.122. The fourth-order valence-corrected chi connectivity index (χ4v) is 4.25. The SMILES string of the molecule is C[C@@H](Oc1ccccc1)C(=O)Nc1c2c(nn1-c1ccccc1)C[S@@](=O)C2. The van der Waals surface area contributed by atoms with Gasteiger partial charge in [-0.2, -0.15) is 5.10 Å². The summed E-state index contributed by atoms with van der Waals surface area (Å²) in [5.41, 5.74) is 2.44. The number of ether oxygens (including phenoxy) is 1. The Morgan fingerprint density at radius 3 is 2.48 bits per heavy atom. The molecule has 1 aromatic heterocycles. The molecule has 0 saturated carbocycles. The predicted octanol–water partition coefficient (Wildman–Crippen LogP) is 3.04. The predicted molar refractivity (Wildman–Crippen MR) is 104 cm³/mol. The van der Waals surface area contributed by atoms with Crippen LogP contribution in [0.5, 0.6) is 5.75 Å². The largest absolute Gasteiger partial charge is 0.481 e. The summed E-state index contributed by atoms with van der Waals surface area (Å²) in [7, 11) is -0.979. The van der Waals surface area contributed by atoms with Gasteiger partial charge in [0.05, 0.1) is 22.9 Å². The van der Waals surface area contributed by atoms with Crippen molar-refractivity contribution in [2.75, 3.05) is 5.32 Å². The lowest BCUT2D eigenvalue weighted by Gasteiger charge is -2.16. The van der Waals surface area contributed by atoms with Crippen LogP contribution in [0.25, 0.3) is 5.69 Å². The number of carbonyl (C=O) groups excluding carboxylic acids is 1. The minimum absolute atomic E-state index is 0.281. The Bertz CT molecular complexity index is 986. The van der Waals surface area contributed by atoms with Crippen LogP contribution in [-0.2, 0) is 27.1 Å². The van der Waals surface area contributed by atoms with Crippen molar-refractivity contribution in [3.05, 3.63) is 71.9 Å². The second kappa shape index (κ2) is 7.36. The van der Waals surface area contributed by atoms with Crippen molar-refractivity contribution in [2.24, 2.45) is 0 Å². The van der Waals surface area contributed by atoms with Crippen molar-refractivity contribution < 1.29 is 13.7 Å². The Morgan fingerprint density at radius 2 is 1.78 bits per heavy atom. The molecule has 27 heavy (non-hydrogen) atoms. The fraction of sp³-hybridized carbons (Fsp3) is 0.200. The second-order valence-electron chi connectivity index (χ2n) is 6.31. The van der Waals surface area contributed by atoms with E-state index >= 15 is 0 Å². The first-order valence-electron chi connectivity index (χ1n) is 8.65. The highest BCUT2D eigenvalue weighted by Crippen LogP contribution is 2.31. The molecule has 0 radical (unpaired) electrons. The number of benzene rings is 2. The molecule has 4 rings (SSSR count). The van der Waals surface area contributed by atoms with Crippen molar-refractivity contribution in [3.63, 3.8) is 0 Å². The van der Waals surface area contributed by atoms with E-state index in [4.69, 9.17) is 4.74 Å². The molecular formula is C20H19N3O3S. The zero-order chi connectivity index (χ0) is 18.8. The molecule has 2 atom stereocenters. The molecule has 2 aromatic carbocycles. The second-order valence-corrected chi connectivity index (χ2v) is 7.77. The van der Waals surface area contributed by atoms with E-state index in [2.05, 4.69) is 10.4 Å². The van der Waals surface area contributed by atoms with Gasteiger partial charge in [-0.3, -0.25) is 9.00 Å². The molecule has 7 heteroatoms. The van der Waals surface area contributed by atoms with Crippen molar-refractivity contribution in [1.29, 1.82) is 0 Å². The number of nitrogens with one attached hydrogen (secondary N) is 1. The third-order valence-electron chi connectivity index (χ3n) is 4.34. The van der Waals surface area contributed by atoms with Crippen LogP contribution in [-0.4, -0.2) is 26.0 Å². The van der Waals surface area contributed by atoms with Crippen LogP contribution in [0, 0.1) is 0 Å². The van der Waals surface area contributed by atoms with E-state index in [-0.39, 0.29) is 5.91 Å². The van der Waals surface area contributed by atoms with Crippen LogP contribution < -0.4 is 10.1 Å². The van der Waals surface area contributed by atoms with Crippen molar-refractivity contribution in [2.45, 2.75) is 24.5 Å². The summed E-state index contributed by atoms with van der Waals surface area (Å²) in [5, 5.41) is 7.51. The van der Waals surface area contributed by atoms with Gasteiger partial charge in [0, 0.05) is 16.4 Å². The lowest BCUT2D eigenvalue weighted by atomic mass is 10.2. The molecule has 2 heterocycles. The average molecular weight is 381 g/mol. The number of hydrogen-bond acceptors (Lipinski definition) is 4. The summed E-state index contributed by atoms with van der Waals surface area (Å²) in [5.74, 6) is 1.72. The monoisotopic (exact) mass is 381 g/mol. The Balaban J connectivity index is 1.61. The molecule has 1 aliphatic rings. The number of anilines is 1. The molecule has 0 aliphatic carbocycles. The highest BCUT2D eigenvalue weighted by molar-refractivity contribution is 7.83. The van der Waals surface area contributed by atoms with Crippen molar-refractivity contribution in [3.8, 4) is 11.4 Å². The minimum Gasteiger partial charge on any atom is -0.481 e. The van der Waals surface area contributed by atoms with Crippen LogP contribution in [0.3, 0.4) is 0 Å². The first-order valence-corrected chi connectivity index (χ1v) is 10.1. The van der Waals surface area contributed by atoms with E-state index in [9.17, 15) is 9.00 Å². The molecule has 0 unspecified atom stereocenters. The Kier molecular flexibility index (Phi) is 4.77. The van der Waals surface area contributed by atoms with Gasteiger partial charge in [0.25, 0.3) is 5.91 Å². The third kappa shape index (κ3) is 3.64. The standard InChI is InChI=1S/C20H19N3O3S/c1-14(26-16-10-6-3-7-11-16)20(24)21-19-17-12-27(25)13-18(17)22-23(19)15-8-4-2-5-9-15/h2-11,14H,12-13H2,1H3,(H,21,24)/t14-,27+/m1/s1. The molecule has 1 aliphatic heterocycles. The molecule has 1 amide bonds. The number of carbonyl (C=O) groups is 1. The number of aromatic nitrogens is 2. The highest BCUT2D eigenvalue weighted by atomic mass is 32.2. The highest BCUT2D eigenvalue weighted by Gasteiger charge is 2.29. The molecule has 6 nitrogen and oxygen atoms in total. The fourth-order valence-electron chi connectivity index (χ4n) is 2.99. The van der Waals surface area contributed by atoms with E-state index in [0.717, 1.165) is 16.9 Å². The van der Waals surface area contributed by atoms with Gasteiger partial charge in [0.1, 0.15) is 11.6 Å². The van der Waals surface area contributed by atoms with E-state index in [1.807, 2.05) is 48.5 Å². The van der Waals surface area contributed by atoms with Crippen LogP contribution in [0.2, 0.25) is 0 Å². The maximum absolute atomic E-state index is 12.7. The molecule has 0 fully saturated rings. The van der Waals surface area contributed by atoms with E-state index in [0.29, 0.717) is 23.1 Å². The van der Waals surface area contributed by atoms with Gasteiger partial charge in [-0.15, -0.1) is 0 Å². The molecule has 0 saturated heterocycles. The Hall–Kier alpha value is -2.93. The molecule has 0 spiro atoms. The topological polar surface area (TPSA) is 73.2 Å². The Morgan fingerprint density at radius 1 is 1.11 bits per heavy atom. The summed E-state index contributed by atoms with van der Waals surface area (Å²) in [4.78, 5) is 12.7. The molecule has 1 N–H and O–H groups in total. The number of fused-ring (bicyclic) bond motifs is 1. The first-order chi connectivity index (χ1) is 13.1. The van der Waals surface area contributed by atoms with Gasteiger partial charge in [-0.05, 0) is 31.2 Å². The van der Waals surface area contributed by atoms with Gasteiger partial charge in [-0.1, -0.05) is 36.4 Å². The number of para-hydroxylation sites is 2. The van der Waals surface area contributed by atoms with Crippen molar-refractivity contribution >= 4 is 22.5 Å². The van der Waals surface area contributed by atoms with Gasteiger partial charge in [-0.25, -0.2) is 4.68 Å². The number of hydrogen-bond donors (Lipinski definition) is 1. The molecule has 138 valence electrons. The molecular weight excluding hydrogens is 362 g/mol. The zero-order valence-electron chi connectivity index (χ0n) is 14.8. The number of amides is 1. The van der Waals surface area contributed by atoms with Gasteiger partial charge < -0.3 is 10.1 Å². The van der Waals surface area contributed by atoms with Gasteiger partial charge >= 0.3 is 0 Å². The summed E-state index contributed by atoms with van der Waals surface area (Å²) in [6.45, 7) is 1.70. The van der Waals surface area contributed by atoms with Crippen LogP contribution >= 0.6 is 0 Å². The maximum Gasteiger partial charge on any atom is 0.266 e. The number of rotatable bonds is 5. The Labute approximate surface area is 159 Å². The lowest BCUT2D eigenvalue weighted by Crippen LogP contribution is -2.31.